The van der Waals surface area contributed by atoms with Crippen LogP contribution in [-0.4, -0.2) is 24.6 Å². The van der Waals surface area contributed by atoms with Crippen LogP contribution in [0.2, 0.25) is 0 Å². The number of hydrogen-bond donors (Lipinski definition) is 1. The monoisotopic (exact) mass is 173 g/mol. The molecule has 1 aliphatic rings. The van der Waals surface area contributed by atoms with Crippen molar-refractivity contribution < 1.29 is 0 Å². The zero-order chi connectivity index (χ0) is 8.10. The number of rotatable bonds is 5. The van der Waals surface area contributed by atoms with Crippen LogP contribution in [0.4, 0.5) is 0 Å². The van der Waals surface area contributed by atoms with Gasteiger partial charge >= 0.3 is 0 Å². The Morgan fingerprint density at radius 1 is 1.45 bits per heavy atom. The van der Waals surface area contributed by atoms with Crippen molar-refractivity contribution >= 4 is 11.8 Å². The third kappa shape index (κ3) is 4.02. The number of thioether (sulfide) groups is 1. The van der Waals surface area contributed by atoms with Crippen LogP contribution in [0.1, 0.15) is 20.3 Å². The van der Waals surface area contributed by atoms with Crippen molar-refractivity contribution in [2.45, 2.75) is 20.3 Å². The minimum Gasteiger partial charge on any atom is -0.316 e. The molecule has 0 radical (unpaired) electrons. The van der Waals surface area contributed by atoms with Gasteiger partial charge in [-0.3, -0.25) is 0 Å². The van der Waals surface area contributed by atoms with Crippen LogP contribution < -0.4 is 5.32 Å². The van der Waals surface area contributed by atoms with E-state index in [-0.39, 0.29) is 0 Å². The smallest absolute Gasteiger partial charge is 0.0000326 e. The maximum Gasteiger partial charge on any atom is -0.0000326 e. The Labute approximate surface area is 74.3 Å². The zero-order valence-corrected chi connectivity index (χ0v) is 8.41. The molecule has 0 saturated carbocycles. The van der Waals surface area contributed by atoms with Gasteiger partial charge in [0.25, 0.3) is 0 Å². The molecule has 1 N–H and O–H groups in total. The molecule has 2 heteroatoms. The Hall–Kier alpha value is 0.310. The van der Waals surface area contributed by atoms with Crippen LogP contribution in [0.25, 0.3) is 0 Å². The van der Waals surface area contributed by atoms with Gasteiger partial charge in [-0.2, -0.15) is 11.8 Å². The first-order chi connectivity index (χ1) is 5.29. The van der Waals surface area contributed by atoms with Crippen LogP contribution in [0.15, 0.2) is 0 Å². The van der Waals surface area contributed by atoms with E-state index in [1.807, 2.05) is 0 Å². The third-order valence-corrected chi connectivity index (χ3v) is 3.29. The molecular formula is C9H19NS. The highest BCUT2D eigenvalue weighted by atomic mass is 32.2. The molecule has 1 aliphatic heterocycles. The summed E-state index contributed by atoms with van der Waals surface area (Å²) < 4.78 is 0. The summed E-state index contributed by atoms with van der Waals surface area (Å²) in [4.78, 5) is 0. The molecule has 1 heterocycles. The van der Waals surface area contributed by atoms with Gasteiger partial charge in [0.05, 0.1) is 0 Å². The van der Waals surface area contributed by atoms with Gasteiger partial charge in [0.15, 0.2) is 0 Å². The van der Waals surface area contributed by atoms with Gasteiger partial charge in [-0.1, -0.05) is 13.8 Å². The van der Waals surface area contributed by atoms with Gasteiger partial charge < -0.3 is 5.32 Å². The molecule has 0 aromatic rings. The van der Waals surface area contributed by atoms with Crippen molar-refractivity contribution in [2.24, 2.45) is 11.8 Å². The second-order valence-corrected chi connectivity index (χ2v) is 4.93. The van der Waals surface area contributed by atoms with E-state index in [1.54, 1.807) is 0 Å². The topological polar surface area (TPSA) is 12.0 Å². The van der Waals surface area contributed by atoms with E-state index in [2.05, 4.69) is 30.9 Å². The highest BCUT2D eigenvalue weighted by Crippen LogP contribution is 2.15. The largest absolute Gasteiger partial charge is 0.316 e. The maximum atomic E-state index is 3.30. The second kappa shape index (κ2) is 5.04. The summed E-state index contributed by atoms with van der Waals surface area (Å²) in [6.45, 7) is 7.11. The molecule has 1 fully saturated rings. The van der Waals surface area contributed by atoms with Crippen molar-refractivity contribution in [2.75, 3.05) is 24.6 Å². The van der Waals surface area contributed by atoms with Crippen molar-refractivity contribution in [3.63, 3.8) is 0 Å². The Kier molecular flexibility index (Phi) is 4.31. The van der Waals surface area contributed by atoms with E-state index in [0.717, 1.165) is 11.8 Å². The number of nitrogens with one attached hydrogen (secondary N) is 1. The maximum absolute atomic E-state index is 3.30. The van der Waals surface area contributed by atoms with Crippen LogP contribution in [0, 0.1) is 11.8 Å². The fraction of sp³-hybridized carbons (Fsp3) is 1.00. The second-order valence-electron chi connectivity index (χ2n) is 3.78. The molecule has 0 bridgehead atoms. The van der Waals surface area contributed by atoms with Crippen molar-refractivity contribution in [1.82, 2.24) is 5.32 Å². The molecule has 66 valence electrons. The average Bonchev–Trinajstić information content (AvgIpc) is 1.82. The summed E-state index contributed by atoms with van der Waals surface area (Å²) in [5.74, 6) is 4.59. The van der Waals surface area contributed by atoms with Crippen LogP contribution >= 0.6 is 11.8 Å². The van der Waals surface area contributed by atoms with E-state index in [0.29, 0.717) is 0 Å². The first-order valence-corrected chi connectivity index (χ1v) is 5.73. The van der Waals surface area contributed by atoms with Gasteiger partial charge in [-0.25, -0.2) is 0 Å². The molecule has 0 aliphatic carbocycles. The lowest BCUT2D eigenvalue weighted by atomic mass is 10.1. The Bertz CT molecular complexity index is 99.7. The van der Waals surface area contributed by atoms with Gasteiger partial charge in [-0.05, 0) is 42.9 Å². The Balaban J connectivity index is 1.80. The lowest BCUT2D eigenvalue weighted by molar-refractivity contribution is 0.385. The summed E-state index contributed by atoms with van der Waals surface area (Å²) in [6.07, 6.45) is 1.38. The first-order valence-electron chi connectivity index (χ1n) is 4.57. The SMILES string of the molecule is CC(C)CCSCC1CNC1. The highest BCUT2D eigenvalue weighted by Gasteiger charge is 2.15. The summed E-state index contributed by atoms with van der Waals surface area (Å²) in [7, 11) is 0. The molecule has 0 aromatic heterocycles. The van der Waals surface area contributed by atoms with Crippen LogP contribution in [0.3, 0.4) is 0 Å². The molecule has 0 atom stereocenters. The molecule has 1 saturated heterocycles. The Morgan fingerprint density at radius 3 is 2.64 bits per heavy atom. The third-order valence-electron chi connectivity index (χ3n) is 2.06. The fourth-order valence-electron chi connectivity index (χ4n) is 1.04. The van der Waals surface area contributed by atoms with Crippen LogP contribution in [-0.2, 0) is 0 Å². The number of hydrogen-bond acceptors (Lipinski definition) is 2. The molecule has 11 heavy (non-hydrogen) atoms. The van der Waals surface area contributed by atoms with Gasteiger partial charge in [0.1, 0.15) is 0 Å². The van der Waals surface area contributed by atoms with E-state index in [1.165, 1.54) is 31.0 Å². The van der Waals surface area contributed by atoms with Crippen molar-refractivity contribution in [1.29, 1.82) is 0 Å². The molecular weight excluding hydrogens is 154 g/mol. The van der Waals surface area contributed by atoms with E-state index in [9.17, 15) is 0 Å². The van der Waals surface area contributed by atoms with Gasteiger partial charge in [0, 0.05) is 0 Å². The minimum atomic E-state index is 0.877. The van der Waals surface area contributed by atoms with Gasteiger partial charge in [0.2, 0.25) is 0 Å². The lowest BCUT2D eigenvalue weighted by Crippen LogP contribution is -2.43. The fourth-order valence-corrected chi connectivity index (χ4v) is 2.41. The van der Waals surface area contributed by atoms with E-state index in [4.69, 9.17) is 0 Å². The zero-order valence-electron chi connectivity index (χ0n) is 7.60. The normalized spacial score (nSPS) is 18.8. The molecule has 0 unspecified atom stereocenters. The summed E-state index contributed by atoms with van der Waals surface area (Å²) in [5, 5.41) is 3.30. The minimum absolute atomic E-state index is 0.877. The van der Waals surface area contributed by atoms with E-state index < -0.39 is 0 Å². The Morgan fingerprint density at radius 2 is 2.18 bits per heavy atom. The predicted octanol–water partition coefficient (Wildman–Crippen LogP) is 1.99. The first kappa shape index (κ1) is 9.40. The standard InChI is InChI=1S/C9H19NS/c1-8(2)3-4-11-7-9-5-10-6-9/h8-10H,3-7H2,1-2H3. The van der Waals surface area contributed by atoms with Gasteiger partial charge in [-0.15, -0.1) is 0 Å². The molecule has 1 nitrogen and oxygen atoms in total. The quantitative estimate of drug-likeness (QED) is 0.638. The predicted molar refractivity (Wildman–Crippen MR) is 53.1 cm³/mol. The van der Waals surface area contributed by atoms with E-state index >= 15 is 0 Å². The molecule has 1 rings (SSSR count). The van der Waals surface area contributed by atoms with Crippen molar-refractivity contribution in [3.8, 4) is 0 Å². The highest BCUT2D eigenvalue weighted by molar-refractivity contribution is 7.99. The van der Waals surface area contributed by atoms with Crippen LogP contribution in [0.5, 0.6) is 0 Å². The summed E-state index contributed by atoms with van der Waals surface area (Å²) >= 11 is 2.13. The molecule has 0 spiro atoms. The van der Waals surface area contributed by atoms with Crippen molar-refractivity contribution in [3.05, 3.63) is 0 Å². The summed E-state index contributed by atoms with van der Waals surface area (Å²) in [5.41, 5.74) is 0. The lowest BCUT2D eigenvalue weighted by Gasteiger charge is -2.26. The molecule has 0 amide bonds. The molecule has 0 aromatic carbocycles. The summed E-state index contributed by atoms with van der Waals surface area (Å²) in [6, 6.07) is 0. The average molecular weight is 173 g/mol.